The molecule has 4 heterocycles. The third kappa shape index (κ3) is 2.42. The summed E-state index contributed by atoms with van der Waals surface area (Å²) >= 11 is 1.56. The molecule has 0 amide bonds. The molecule has 4 aromatic heterocycles. The molecule has 9 heteroatoms. The number of carbonyl (C=O) groups excluding carboxylic acids is 1. The van der Waals surface area contributed by atoms with Crippen LogP contribution in [0.3, 0.4) is 0 Å². The van der Waals surface area contributed by atoms with Crippen LogP contribution >= 0.6 is 11.3 Å². The zero-order valence-corrected chi connectivity index (χ0v) is 15.4. The zero-order chi connectivity index (χ0) is 18.5. The van der Waals surface area contributed by atoms with Crippen LogP contribution in [0.1, 0.15) is 23.8 Å². The first-order chi connectivity index (χ1) is 13.2. The van der Waals surface area contributed by atoms with E-state index in [1.807, 2.05) is 0 Å². The Morgan fingerprint density at radius 2 is 2.30 bits per heavy atom. The quantitative estimate of drug-likeness (QED) is 0.502. The van der Waals surface area contributed by atoms with Gasteiger partial charge in [-0.15, -0.1) is 16.4 Å². The highest BCUT2D eigenvalue weighted by molar-refractivity contribution is 7.19. The number of ether oxygens (including phenoxy) is 1. The summed E-state index contributed by atoms with van der Waals surface area (Å²) in [6.45, 7) is 1.87. The number of hydrogen-bond donors (Lipinski definition) is 0. The summed E-state index contributed by atoms with van der Waals surface area (Å²) in [5.41, 5.74) is 1.31. The van der Waals surface area contributed by atoms with Gasteiger partial charge in [0.1, 0.15) is 11.4 Å². The van der Waals surface area contributed by atoms with Gasteiger partial charge in [-0.1, -0.05) is 0 Å². The van der Waals surface area contributed by atoms with Crippen molar-refractivity contribution in [3.8, 4) is 11.6 Å². The second-order valence-corrected chi connectivity index (χ2v) is 7.44. The second-order valence-electron chi connectivity index (χ2n) is 6.36. The SMILES string of the molecule is CCOC(=O)Cn1c(=O)n2nc(-c3ccco3)nc2c2c3c(sc21)CCC3. The van der Waals surface area contributed by atoms with Crippen molar-refractivity contribution in [2.75, 3.05) is 6.61 Å². The van der Waals surface area contributed by atoms with Crippen molar-refractivity contribution in [3.63, 3.8) is 0 Å². The predicted molar refractivity (Wildman–Crippen MR) is 99.0 cm³/mol. The lowest BCUT2D eigenvalue weighted by molar-refractivity contribution is -0.143. The minimum atomic E-state index is -0.444. The second kappa shape index (κ2) is 6.05. The molecule has 1 aliphatic carbocycles. The standard InChI is InChI=1S/C18H16N4O4S/c1-2-25-13(23)9-21-17-14(10-5-3-7-12(10)27-17)16-19-15(11-6-4-8-26-11)20-22(16)18(21)24/h4,6,8H,2-3,5,7,9H2,1H3. The van der Waals surface area contributed by atoms with E-state index >= 15 is 0 Å². The van der Waals surface area contributed by atoms with Crippen LogP contribution in [0.5, 0.6) is 0 Å². The lowest BCUT2D eigenvalue weighted by atomic mass is 10.2. The van der Waals surface area contributed by atoms with Crippen LogP contribution in [0.25, 0.3) is 27.4 Å². The molecule has 8 nitrogen and oxygen atoms in total. The lowest BCUT2D eigenvalue weighted by Gasteiger charge is -2.08. The number of esters is 1. The first kappa shape index (κ1) is 16.2. The zero-order valence-electron chi connectivity index (χ0n) is 14.6. The molecule has 1 aliphatic rings. The fourth-order valence-corrected chi connectivity index (χ4v) is 4.98. The van der Waals surface area contributed by atoms with Crippen LogP contribution in [-0.4, -0.2) is 31.7 Å². The Hall–Kier alpha value is -2.94. The van der Waals surface area contributed by atoms with Crippen molar-refractivity contribution >= 4 is 33.2 Å². The Bertz CT molecular complexity index is 1230. The van der Waals surface area contributed by atoms with E-state index in [1.165, 1.54) is 25.8 Å². The van der Waals surface area contributed by atoms with Gasteiger partial charge in [0.15, 0.2) is 11.4 Å². The summed E-state index contributed by atoms with van der Waals surface area (Å²) in [5, 5.41) is 5.26. The van der Waals surface area contributed by atoms with Crippen molar-refractivity contribution in [2.45, 2.75) is 32.7 Å². The Morgan fingerprint density at radius 1 is 1.41 bits per heavy atom. The maximum Gasteiger partial charge on any atom is 0.352 e. The molecule has 0 radical (unpaired) electrons. The molecule has 0 fully saturated rings. The first-order valence-corrected chi connectivity index (χ1v) is 9.62. The van der Waals surface area contributed by atoms with Crippen LogP contribution in [0, 0.1) is 0 Å². The van der Waals surface area contributed by atoms with E-state index in [-0.39, 0.29) is 13.2 Å². The molecule has 0 saturated heterocycles. The van der Waals surface area contributed by atoms with Gasteiger partial charge in [-0.05, 0) is 43.9 Å². The fraction of sp³-hybridized carbons (Fsp3) is 0.333. The highest BCUT2D eigenvalue weighted by atomic mass is 32.1. The summed E-state index contributed by atoms with van der Waals surface area (Å²) in [5.74, 6) is 0.403. The van der Waals surface area contributed by atoms with E-state index in [0.29, 0.717) is 17.2 Å². The number of thiophene rings is 1. The molecule has 4 aromatic rings. The van der Waals surface area contributed by atoms with Crippen molar-refractivity contribution in [1.82, 2.24) is 19.2 Å². The van der Waals surface area contributed by atoms with E-state index in [1.54, 1.807) is 30.4 Å². The molecule has 0 saturated carbocycles. The van der Waals surface area contributed by atoms with E-state index in [4.69, 9.17) is 9.15 Å². The van der Waals surface area contributed by atoms with Crippen LogP contribution in [0.2, 0.25) is 0 Å². The number of rotatable bonds is 4. The first-order valence-electron chi connectivity index (χ1n) is 8.80. The Morgan fingerprint density at radius 3 is 3.07 bits per heavy atom. The van der Waals surface area contributed by atoms with Crippen LogP contribution in [0.4, 0.5) is 0 Å². The summed E-state index contributed by atoms with van der Waals surface area (Å²) in [6.07, 6.45) is 4.54. The van der Waals surface area contributed by atoms with Gasteiger partial charge in [0.2, 0.25) is 5.82 Å². The molecule has 0 N–H and O–H groups in total. The average molecular weight is 384 g/mol. The maximum absolute atomic E-state index is 13.1. The lowest BCUT2D eigenvalue weighted by Crippen LogP contribution is -2.30. The van der Waals surface area contributed by atoms with Crippen LogP contribution in [0.15, 0.2) is 27.6 Å². The third-order valence-corrected chi connectivity index (χ3v) is 6.04. The van der Waals surface area contributed by atoms with Gasteiger partial charge in [-0.25, -0.2) is 9.78 Å². The molecule has 0 atom stereocenters. The fourth-order valence-electron chi connectivity index (χ4n) is 3.60. The number of fused-ring (bicyclic) bond motifs is 5. The minimum Gasteiger partial charge on any atom is -0.465 e. The molecule has 0 aromatic carbocycles. The van der Waals surface area contributed by atoms with E-state index in [9.17, 15) is 9.59 Å². The van der Waals surface area contributed by atoms with Crippen molar-refractivity contribution < 1.29 is 13.9 Å². The Labute approximate surface area is 157 Å². The molecule has 0 aliphatic heterocycles. The molecule has 0 spiro atoms. The summed E-state index contributed by atoms with van der Waals surface area (Å²) in [7, 11) is 0. The van der Waals surface area contributed by atoms with Crippen molar-refractivity contribution in [3.05, 3.63) is 39.3 Å². The largest absolute Gasteiger partial charge is 0.465 e. The molecule has 138 valence electrons. The number of aromatic nitrogens is 4. The van der Waals surface area contributed by atoms with Crippen molar-refractivity contribution in [1.29, 1.82) is 0 Å². The molecular weight excluding hydrogens is 368 g/mol. The monoisotopic (exact) mass is 384 g/mol. The van der Waals surface area contributed by atoms with Crippen LogP contribution in [-0.2, 0) is 28.9 Å². The predicted octanol–water partition coefficient (Wildman–Crippen LogP) is 2.42. The van der Waals surface area contributed by atoms with Gasteiger partial charge < -0.3 is 9.15 Å². The van der Waals surface area contributed by atoms with Crippen molar-refractivity contribution in [2.24, 2.45) is 0 Å². The number of nitrogens with zero attached hydrogens (tertiary/aromatic N) is 4. The van der Waals surface area contributed by atoms with Gasteiger partial charge in [0, 0.05) is 4.88 Å². The Kier molecular flexibility index (Phi) is 3.64. The van der Waals surface area contributed by atoms with Gasteiger partial charge in [-0.2, -0.15) is 4.52 Å². The van der Waals surface area contributed by atoms with E-state index < -0.39 is 11.7 Å². The van der Waals surface area contributed by atoms with Gasteiger partial charge in [0.05, 0.1) is 18.3 Å². The smallest absolute Gasteiger partial charge is 0.352 e. The summed E-state index contributed by atoms with van der Waals surface area (Å²) < 4.78 is 13.1. The van der Waals surface area contributed by atoms with Crippen LogP contribution < -0.4 is 5.69 Å². The topological polar surface area (TPSA) is 91.6 Å². The molecule has 0 unspecified atom stereocenters. The van der Waals surface area contributed by atoms with E-state index in [0.717, 1.165) is 29.5 Å². The number of aryl methyl sites for hydroxylation is 2. The molecule has 0 bridgehead atoms. The third-order valence-electron chi connectivity index (χ3n) is 4.72. The molecular formula is C18H16N4O4S. The highest BCUT2D eigenvalue weighted by Crippen LogP contribution is 2.38. The summed E-state index contributed by atoms with van der Waals surface area (Å²) in [4.78, 5) is 31.7. The summed E-state index contributed by atoms with van der Waals surface area (Å²) in [6, 6.07) is 3.50. The number of hydrogen-bond acceptors (Lipinski definition) is 7. The van der Waals surface area contributed by atoms with Gasteiger partial charge in [0.25, 0.3) is 0 Å². The molecule has 27 heavy (non-hydrogen) atoms. The Balaban J connectivity index is 1.82. The number of furan rings is 1. The highest BCUT2D eigenvalue weighted by Gasteiger charge is 2.26. The average Bonchev–Trinajstić information content (AvgIpc) is 3.40. The minimum absolute atomic E-state index is 0.144. The normalized spacial score (nSPS) is 13.5. The van der Waals surface area contributed by atoms with Gasteiger partial charge in [-0.3, -0.25) is 9.36 Å². The number of carbonyl (C=O) groups is 1. The van der Waals surface area contributed by atoms with Gasteiger partial charge >= 0.3 is 11.7 Å². The maximum atomic E-state index is 13.1. The van der Waals surface area contributed by atoms with E-state index in [2.05, 4.69) is 10.1 Å². The molecule has 5 rings (SSSR count).